The maximum atomic E-state index is 12.4. The Kier molecular flexibility index (Phi) is 5.30. The molecule has 0 spiro atoms. The number of esters is 1. The van der Waals surface area contributed by atoms with Crippen molar-refractivity contribution in [1.82, 2.24) is 4.57 Å². The van der Waals surface area contributed by atoms with E-state index in [1.165, 1.54) is 14.2 Å². The van der Waals surface area contributed by atoms with Crippen molar-refractivity contribution in [3.63, 3.8) is 0 Å². The number of amides is 1. The van der Waals surface area contributed by atoms with Crippen LogP contribution < -0.4 is 14.8 Å². The summed E-state index contributed by atoms with van der Waals surface area (Å²) in [5.41, 5.74) is 1.76. The Morgan fingerprint density at radius 2 is 1.85 bits per heavy atom. The first-order valence-electron chi connectivity index (χ1n) is 8.26. The zero-order chi connectivity index (χ0) is 19.4. The van der Waals surface area contributed by atoms with Gasteiger partial charge in [0.2, 0.25) is 0 Å². The molecule has 3 rings (SSSR count). The number of aryl methyl sites for hydroxylation is 1. The van der Waals surface area contributed by atoms with Crippen LogP contribution in [0.3, 0.4) is 0 Å². The van der Waals surface area contributed by atoms with Gasteiger partial charge in [-0.1, -0.05) is 18.2 Å². The normalized spacial score (nSPS) is 10.5. The summed E-state index contributed by atoms with van der Waals surface area (Å²) in [5.74, 6) is 0.0121. The Morgan fingerprint density at radius 3 is 2.59 bits per heavy atom. The largest absolute Gasteiger partial charge is 0.497 e. The molecule has 7 heteroatoms. The van der Waals surface area contributed by atoms with Crippen molar-refractivity contribution in [1.29, 1.82) is 0 Å². The fourth-order valence-electron chi connectivity index (χ4n) is 2.81. The van der Waals surface area contributed by atoms with E-state index < -0.39 is 18.5 Å². The van der Waals surface area contributed by atoms with Gasteiger partial charge in [0.15, 0.2) is 6.61 Å². The predicted octanol–water partition coefficient (Wildman–Crippen LogP) is 2.99. The number of nitrogens with one attached hydrogen (secondary N) is 1. The number of para-hydroxylation sites is 1. The number of fused-ring (bicyclic) bond motifs is 1. The molecule has 0 aliphatic rings. The predicted molar refractivity (Wildman–Crippen MR) is 101 cm³/mol. The van der Waals surface area contributed by atoms with Gasteiger partial charge in [-0.25, -0.2) is 4.79 Å². The highest BCUT2D eigenvalue weighted by atomic mass is 16.5. The molecule has 0 fully saturated rings. The van der Waals surface area contributed by atoms with Crippen LogP contribution in [0.2, 0.25) is 0 Å². The number of benzene rings is 2. The van der Waals surface area contributed by atoms with Crippen LogP contribution in [0, 0.1) is 0 Å². The lowest BCUT2D eigenvalue weighted by atomic mass is 10.2. The zero-order valence-corrected chi connectivity index (χ0v) is 15.3. The van der Waals surface area contributed by atoms with Crippen molar-refractivity contribution >= 4 is 28.5 Å². The van der Waals surface area contributed by atoms with E-state index in [2.05, 4.69) is 5.32 Å². The number of methoxy groups -OCH3 is 2. The number of ether oxygens (including phenoxy) is 3. The molecule has 27 heavy (non-hydrogen) atoms. The third kappa shape index (κ3) is 3.87. The minimum absolute atomic E-state index is 0.414. The van der Waals surface area contributed by atoms with Crippen molar-refractivity contribution < 1.29 is 23.8 Å². The van der Waals surface area contributed by atoms with Crippen molar-refractivity contribution in [2.45, 2.75) is 0 Å². The molecule has 0 aliphatic heterocycles. The van der Waals surface area contributed by atoms with Crippen LogP contribution in [0.5, 0.6) is 11.5 Å². The van der Waals surface area contributed by atoms with Crippen LogP contribution in [0.15, 0.2) is 48.7 Å². The van der Waals surface area contributed by atoms with Gasteiger partial charge < -0.3 is 24.1 Å². The van der Waals surface area contributed by atoms with E-state index in [1.807, 2.05) is 35.9 Å². The number of anilines is 1. The summed E-state index contributed by atoms with van der Waals surface area (Å²) in [6, 6.07) is 12.5. The summed E-state index contributed by atoms with van der Waals surface area (Å²) in [7, 11) is 4.87. The third-order valence-electron chi connectivity index (χ3n) is 4.13. The minimum atomic E-state index is -0.556. The van der Waals surface area contributed by atoms with Gasteiger partial charge in [0.05, 0.1) is 25.5 Å². The van der Waals surface area contributed by atoms with Gasteiger partial charge >= 0.3 is 5.97 Å². The van der Waals surface area contributed by atoms with E-state index in [1.54, 1.807) is 24.4 Å². The van der Waals surface area contributed by atoms with E-state index in [9.17, 15) is 9.59 Å². The number of aromatic nitrogens is 1. The fourth-order valence-corrected chi connectivity index (χ4v) is 2.81. The molecule has 0 bridgehead atoms. The summed E-state index contributed by atoms with van der Waals surface area (Å²) in [4.78, 5) is 24.6. The number of carbonyl (C=O) groups excluding carboxylic acids is 2. The molecule has 3 aromatic rings. The Bertz CT molecular complexity index is 993. The topological polar surface area (TPSA) is 78.8 Å². The van der Waals surface area contributed by atoms with Crippen molar-refractivity contribution in [3.8, 4) is 11.5 Å². The van der Waals surface area contributed by atoms with Crippen molar-refractivity contribution in [3.05, 3.63) is 54.2 Å². The fraction of sp³-hybridized carbons (Fsp3) is 0.200. The number of rotatable bonds is 6. The molecule has 2 aromatic carbocycles. The smallest absolute Gasteiger partial charge is 0.340 e. The standard InChI is InChI=1S/C20H20N2O5/c1-22-11-15(14-6-4-5-7-17(14)22)20(24)27-12-19(23)21-16-10-13(25-2)8-9-18(16)26-3/h4-11H,12H2,1-3H3,(H,21,23). The lowest BCUT2D eigenvalue weighted by Gasteiger charge is -2.11. The highest BCUT2D eigenvalue weighted by Crippen LogP contribution is 2.28. The number of carbonyl (C=O) groups is 2. The van der Waals surface area contributed by atoms with Crippen LogP contribution in [0.4, 0.5) is 5.69 Å². The van der Waals surface area contributed by atoms with E-state index in [4.69, 9.17) is 14.2 Å². The van der Waals surface area contributed by atoms with Crippen molar-refractivity contribution in [2.24, 2.45) is 7.05 Å². The van der Waals surface area contributed by atoms with Crippen molar-refractivity contribution in [2.75, 3.05) is 26.1 Å². The Morgan fingerprint density at radius 1 is 1.07 bits per heavy atom. The molecule has 0 radical (unpaired) electrons. The maximum Gasteiger partial charge on any atom is 0.340 e. The molecular weight excluding hydrogens is 348 g/mol. The maximum absolute atomic E-state index is 12.4. The molecule has 1 heterocycles. The molecule has 0 unspecified atom stereocenters. The molecule has 1 N–H and O–H groups in total. The van der Waals surface area contributed by atoms with Crippen LogP contribution >= 0.6 is 0 Å². The summed E-state index contributed by atoms with van der Waals surface area (Å²) in [5, 5.41) is 3.44. The Balaban J connectivity index is 1.68. The molecule has 0 saturated heterocycles. The van der Waals surface area contributed by atoms with E-state index in [-0.39, 0.29) is 0 Å². The van der Waals surface area contributed by atoms with E-state index in [0.717, 1.165) is 10.9 Å². The van der Waals surface area contributed by atoms with Crippen LogP contribution in [-0.2, 0) is 16.6 Å². The highest BCUT2D eigenvalue weighted by molar-refractivity contribution is 6.05. The Hall–Kier alpha value is -3.48. The summed E-state index contributed by atoms with van der Waals surface area (Å²) in [6.07, 6.45) is 1.69. The SMILES string of the molecule is COc1ccc(OC)c(NC(=O)COC(=O)c2cn(C)c3ccccc23)c1. The summed E-state index contributed by atoms with van der Waals surface area (Å²) < 4.78 is 17.4. The van der Waals surface area contributed by atoms with Gasteiger partial charge in [-0.05, 0) is 18.2 Å². The monoisotopic (exact) mass is 368 g/mol. The summed E-state index contributed by atoms with van der Waals surface area (Å²) >= 11 is 0. The first-order valence-corrected chi connectivity index (χ1v) is 8.26. The number of nitrogens with zero attached hydrogens (tertiary/aromatic N) is 1. The summed E-state index contributed by atoms with van der Waals surface area (Å²) in [6.45, 7) is -0.414. The molecule has 1 aromatic heterocycles. The third-order valence-corrected chi connectivity index (χ3v) is 4.13. The second-order valence-corrected chi connectivity index (χ2v) is 5.86. The Labute approximate surface area is 156 Å². The first-order chi connectivity index (χ1) is 13.0. The molecule has 0 aliphatic carbocycles. The first kappa shape index (κ1) is 18.3. The van der Waals surface area contributed by atoms with Gasteiger partial charge in [0, 0.05) is 30.2 Å². The van der Waals surface area contributed by atoms with Gasteiger partial charge in [-0.3, -0.25) is 4.79 Å². The van der Waals surface area contributed by atoms with Gasteiger partial charge in [-0.15, -0.1) is 0 Å². The van der Waals surface area contributed by atoms with E-state index >= 15 is 0 Å². The van der Waals surface area contributed by atoms with Crippen LogP contribution in [0.1, 0.15) is 10.4 Å². The van der Waals surface area contributed by atoms with Crippen LogP contribution in [0.25, 0.3) is 10.9 Å². The van der Waals surface area contributed by atoms with Gasteiger partial charge in [0.25, 0.3) is 5.91 Å². The van der Waals surface area contributed by atoms with Gasteiger partial charge in [-0.2, -0.15) is 0 Å². The molecule has 1 amide bonds. The highest BCUT2D eigenvalue weighted by Gasteiger charge is 2.17. The van der Waals surface area contributed by atoms with E-state index in [0.29, 0.717) is 22.7 Å². The molecule has 0 atom stereocenters. The minimum Gasteiger partial charge on any atom is -0.497 e. The second kappa shape index (κ2) is 7.82. The lowest BCUT2D eigenvalue weighted by molar-refractivity contribution is -0.119. The number of hydrogen-bond acceptors (Lipinski definition) is 5. The molecule has 0 saturated carbocycles. The number of hydrogen-bond donors (Lipinski definition) is 1. The van der Waals surface area contributed by atoms with Crippen LogP contribution in [-0.4, -0.2) is 37.3 Å². The van der Waals surface area contributed by atoms with Gasteiger partial charge in [0.1, 0.15) is 11.5 Å². The lowest BCUT2D eigenvalue weighted by Crippen LogP contribution is -2.21. The molecular formula is C20H20N2O5. The molecule has 7 nitrogen and oxygen atoms in total. The quantitative estimate of drug-likeness (QED) is 0.677. The molecule has 140 valence electrons. The zero-order valence-electron chi connectivity index (χ0n) is 15.3. The average Bonchev–Trinajstić information content (AvgIpc) is 3.03. The average molecular weight is 368 g/mol. The second-order valence-electron chi connectivity index (χ2n) is 5.86.